The number of carbonyl (C=O) groups is 2. The number of carbonyl (C=O) groups excluding carboxylic acids is 1. The van der Waals surface area contributed by atoms with Gasteiger partial charge in [-0.25, -0.2) is 9.59 Å². The van der Waals surface area contributed by atoms with Gasteiger partial charge in [0.2, 0.25) is 0 Å². The third-order valence-electron chi connectivity index (χ3n) is 2.75. The number of nitrogens with one attached hydrogen (secondary N) is 1. The van der Waals surface area contributed by atoms with Crippen molar-refractivity contribution >= 4 is 17.7 Å². The summed E-state index contributed by atoms with van der Waals surface area (Å²) in [6.07, 6.45) is 0.310. The lowest BCUT2D eigenvalue weighted by atomic mass is 10.1. The van der Waals surface area contributed by atoms with Gasteiger partial charge >= 0.3 is 12.0 Å². The Labute approximate surface area is 111 Å². The maximum absolute atomic E-state index is 11.8. The third kappa shape index (κ3) is 4.00. The first-order valence-corrected chi connectivity index (χ1v) is 5.68. The summed E-state index contributed by atoms with van der Waals surface area (Å²) in [5.41, 5.74) is 1.41. The minimum Gasteiger partial charge on any atom is -0.480 e. The number of carboxylic acids is 1. The summed E-state index contributed by atoms with van der Waals surface area (Å²) in [5, 5.41) is 19.9. The quantitative estimate of drug-likeness (QED) is 0.862. The van der Waals surface area contributed by atoms with E-state index < -0.39 is 18.0 Å². The molecule has 0 heterocycles. The van der Waals surface area contributed by atoms with Crippen LogP contribution in [0.3, 0.4) is 0 Å². The van der Waals surface area contributed by atoms with Crippen molar-refractivity contribution in [2.45, 2.75) is 19.4 Å². The molecule has 0 fully saturated rings. The van der Waals surface area contributed by atoms with E-state index in [1.54, 1.807) is 24.3 Å². The number of benzene rings is 1. The Bertz CT molecular complexity index is 505. The van der Waals surface area contributed by atoms with Gasteiger partial charge in [0.15, 0.2) is 0 Å². The van der Waals surface area contributed by atoms with E-state index in [1.807, 2.05) is 6.07 Å². The SMILES string of the molecule is CC(C(=O)O)N(C)C(=O)Nc1ccc(CC#N)cc1. The van der Waals surface area contributed by atoms with Crippen molar-refractivity contribution in [1.29, 1.82) is 5.26 Å². The standard InChI is InChI=1S/C13H15N3O3/c1-9(12(17)18)16(2)13(19)15-11-5-3-10(4-6-11)7-8-14/h3-6,9H,7H2,1-2H3,(H,15,19)(H,17,18). The molecule has 1 rings (SSSR count). The second-order valence-electron chi connectivity index (χ2n) is 4.09. The van der Waals surface area contributed by atoms with Gasteiger partial charge in [0.1, 0.15) is 6.04 Å². The monoisotopic (exact) mass is 261 g/mol. The van der Waals surface area contributed by atoms with E-state index in [9.17, 15) is 9.59 Å². The van der Waals surface area contributed by atoms with Crippen LogP contribution in [-0.4, -0.2) is 35.1 Å². The Hall–Kier alpha value is -2.55. The van der Waals surface area contributed by atoms with Crippen LogP contribution in [0.25, 0.3) is 0 Å². The largest absolute Gasteiger partial charge is 0.480 e. The third-order valence-corrected chi connectivity index (χ3v) is 2.75. The molecular weight excluding hydrogens is 246 g/mol. The first-order chi connectivity index (χ1) is 8.95. The molecule has 0 bridgehead atoms. The molecule has 19 heavy (non-hydrogen) atoms. The highest BCUT2D eigenvalue weighted by Crippen LogP contribution is 2.11. The van der Waals surface area contributed by atoms with E-state index in [2.05, 4.69) is 5.32 Å². The summed E-state index contributed by atoms with van der Waals surface area (Å²) in [4.78, 5) is 23.6. The van der Waals surface area contributed by atoms with E-state index >= 15 is 0 Å². The highest BCUT2D eigenvalue weighted by Gasteiger charge is 2.21. The fraction of sp³-hybridized carbons (Fsp3) is 0.308. The number of aliphatic carboxylic acids is 1. The number of hydrogen-bond donors (Lipinski definition) is 2. The van der Waals surface area contributed by atoms with E-state index in [1.165, 1.54) is 14.0 Å². The number of hydrogen-bond acceptors (Lipinski definition) is 3. The number of anilines is 1. The van der Waals surface area contributed by atoms with Crippen molar-refractivity contribution in [3.8, 4) is 6.07 Å². The van der Waals surface area contributed by atoms with Gasteiger partial charge < -0.3 is 15.3 Å². The van der Waals surface area contributed by atoms with E-state index in [0.717, 1.165) is 10.5 Å². The Kier molecular flexibility index (Phi) is 4.89. The van der Waals surface area contributed by atoms with Crippen LogP contribution in [0.2, 0.25) is 0 Å². The van der Waals surface area contributed by atoms with Crippen LogP contribution in [0.4, 0.5) is 10.5 Å². The number of likely N-dealkylation sites (N-methyl/N-ethyl adjacent to an activating group) is 1. The van der Waals surface area contributed by atoms with Crippen molar-refractivity contribution in [3.05, 3.63) is 29.8 Å². The topological polar surface area (TPSA) is 93.4 Å². The molecular formula is C13H15N3O3. The van der Waals surface area contributed by atoms with Crippen LogP contribution in [0.15, 0.2) is 24.3 Å². The molecule has 1 aromatic carbocycles. The number of carboxylic acid groups (broad SMARTS) is 1. The van der Waals surface area contributed by atoms with E-state index in [0.29, 0.717) is 12.1 Å². The molecule has 6 nitrogen and oxygen atoms in total. The van der Waals surface area contributed by atoms with Crippen molar-refractivity contribution < 1.29 is 14.7 Å². The van der Waals surface area contributed by atoms with Crippen molar-refractivity contribution in [3.63, 3.8) is 0 Å². The molecule has 1 aromatic rings. The Morgan fingerprint density at radius 3 is 2.47 bits per heavy atom. The summed E-state index contributed by atoms with van der Waals surface area (Å²) in [7, 11) is 1.41. The van der Waals surface area contributed by atoms with Gasteiger partial charge in [-0.2, -0.15) is 5.26 Å². The number of rotatable bonds is 4. The molecule has 0 aliphatic rings. The van der Waals surface area contributed by atoms with Crippen LogP contribution in [0.5, 0.6) is 0 Å². The van der Waals surface area contributed by atoms with Crippen LogP contribution in [0, 0.1) is 11.3 Å². The minimum absolute atomic E-state index is 0.310. The molecule has 0 aliphatic carbocycles. The predicted molar refractivity (Wildman–Crippen MR) is 69.6 cm³/mol. The summed E-state index contributed by atoms with van der Waals surface area (Å²) < 4.78 is 0. The van der Waals surface area contributed by atoms with E-state index in [-0.39, 0.29) is 0 Å². The highest BCUT2D eigenvalue weighted by atomic mass is 16.4. The van der Waals surface area contributed by atoms with Gasteiger partial charge in [-0.3, -0.25) is 0 Å². The van der Waals surface area contributed by atoms with Gasteiger partial charge in [-0.15, -0.1) is 0 Å². The van der Waals surface area contributed by atoms with Crippen LogP contribution in [0.1, 0.15) is 12.5 Å². The first-order valence-electron chi connectivity index (χ1n) is 5.68. The smallest absolute Gasteiger partial charge is 0.326 e. The second-order valence-corrected chi connectivity index (χ2v) is 4.09. The fourth-order valence-corrected chi connectivity index (χ4v) is 1.35. The number of nitrogens with zero attached hydrogens (tertiary/aromatic N) is 2. The molecule has 0 aliphatic heterocycles. The van der Waals surface area contributed by atoms with Crippen LogP contribution >= 0.6 is 0 Å². The van der Waals surface area contributed by atoms with Crippen LogP contribution < -0.4 is 5.32 Å². The molecule has 2 amide bonds. The van der Waals surface area contributed by atoms with Crippen LogP contribution in [-0.2, 0) is 11.2 Å². The van der Waals surface area contributed by atoms with Crippen molar-refractivity contribution in [2.75, 3.05) is 12.4 Å². The van der Waals surface area contributed by atoms with Gasteiger partial charge in [0, 0.05) is 12.7 Å². The maximum atomic E-state index is 11.8. The zero-order chi connectivity index (χ0) is 14.4. The number of urea groups is 1. The first kappa shape index (κ1) is 14.5. The minimum atomic E-state index is -1.07. The Morgan fingerprint density at radius 1 is 1.42 bits per heavy atom. The summed E-state index contributed by atoms with van der Waals surface area (Å²) in [6.45, 7) is 1.43. The van der Waals surface area contributed by atoms with Gasteiger partial charge in [-0.1, -0.05) is 12.1 Å². The average molecular weight is 261 g/mol. The van der Waals surface area contributed by atoms with Crippen molar-refractivity contribution in [1.82, 2.24) is 4.90 Å². The Balaban J connectivity index is 2.67. The lowest BCUT2D eigenvalue weighted by Gasteiger charge is -2.21. The normalized spacial score (nSPS) is 11.2. The van der Waals surface area contributed by atoms with Gasteiger partial charge in [0.25, 0.3) is 0 Å². The second kappa shape index (κ2) is 6.40. The molecule has 0 saturated heterocycles. The summed E-state index contributed by atoms with van der Waals surface area (Å²) in [6, 6.07) is 7.44. The Morgan fingerprint density at radius 2 is 2.00 bits per heavy atom. The van der Waals surface area contributed by atoms with E-state index in [4.69, 9.17) is 10.4 Å². The predicted octanol–water partition coefficient (Wildman–Crippen LogP) is 1.69. The zero-order valence-corrected chi connectivity index (χ0v) is 10.8. The summed E-state index contributed by atoms with van der Waals surface area (Å²) in [5.74, 6) is -1.07. The maximum Gasteiger partial charge on any atom is 0.326 e. The lowest BCUT2D eigenvalue weighted by Crippen LogP contribution is -2.42. The molecule has 6 heteroatoms. The average Bonchev–Trinajstić information content (AvgIpc) is 2.39. The molecule has 100 valence electrons. The number of amides is 2. The molecule has 1 unspecified atom stereocenters. The number of nitriles is 1. The van der Waals surface area contributed by atoms with Gasteiger partial charge in [0.05, 0.1) is 12.5 Å². The fourth-order valence-electron chi connectivity index (χ4n) is 1.35. The van der Waals surface area contributed by atoms with Gasteiger partial charge in [-0.05, 0) is 24.6 Å². The molecule has 0 radical (unpaired) electrons. The molecule has 0 spiro atoms. The molecule has 2 N–H and O–H groups in total. The van der Waals surface area contributed by atoms with Crippen molar-refractivity contribution in [2.24, 2.45) is 0 Å². The highest BCUT2D eigenvalue weighted by molar-refractivity contribution is 5.92. The summed E-state index contributed by atoms with van der Waals surface area (Å²) >= 11 is 0. The molecule has 1 atom stereocenters. The molecule has 0 saturated carbocycles. The zero-order valence-electron chi connectivity index (χ0n) is 10.8. The molecule has 0 aromatic heterocycles. The lowest BCUT2D eigenvalue weighted by molar-refractivity contribution is -0.141.